The van der Waals surface area contributed by atoms with Gasteiger partial charge < -0.3 is 5.32 Å². The van der Waals surface area contributed by atoms with Crippen LogP contribution in [0.2, 0.25) is 0 Å². The van der Waals surface area contributed by atoms with Crippen molar-refractivity contribution in [2.24, 2.45) is 0 Å². The molecule has 2 aromatic carbocycles. The van der Waals surface area contributed by atoms with E-state index in [9.17, 15) is 0 Å². The third-order valence-corrected chi connectivity index (χ3v) is 2.83. The van der Waals surface area contributed by atoms with Gasteiger partial charge in [0.1, 0.15) is 0 Å². The summed E-state index contributed by atoms with van der Waals surface area (Å²) in [4.78, 5) is 0. The highest BCUT2D eigenvalue weighted by atomic mass is 14.8. The zero-order chi connectivity index (χ0) is 12.8. The van der Waals surface area contributed by atoms with Crippen LogP contribution in [-0.2, 0) is 0 Å². The van der Waals surface area contributed by atoms with E-state index in [0.29, 0.717) is 0 Å². The second kappa shape index (κ2) is 5.87. The van der Waals surface area contributed by atoms with Crippen LogP contribution in [0.15, 0.2) is 79.0 Å². The summed E-state index contributed by atoms with van der Waals surface area (Å²) in [5.74, 6) is 0. The number of allylic oxidation sites excluding steroid dienone is 2. The van der Waals surface area contributed by atoms with Crippen LogP contribution in [0.1, 0.15) is 12.5 Å². The van der Waals surface area contributed by atoms with E-state index in [4.69, 9.17) is 0 Å². The summed E-state index contributed by atoms with van der Waals surface area (Å²) in [6, 6.07) is 20.3. The number of hydrogen-bond donors (Lipinski definition) is 1. The van der Waals surface area contributed by atoms with E-state index < -0.39 is 0 Å². The van der Waals surface area contributed by atoms with Gasteiger partial charge in [0, 0.05) is 11.9 Å². The molecule has 90 valence electrons. The second-order valence-electron chi connectivity index (χ2n) is 4.18. The van der Waals surface area contributed by atoms with Gasteiger partial charge >= 0.3 is 0 Å². The summed E-state index contributed by atoms with van der Waals surface area (Å²) >= 11 is 0. The lowest BCUT2D eigenvalue weighted by molar-refractivity contribution is 1.45. The van der Waals surface area contributed by atoms with Crippen LogP contribution < -0.4 is 5.32 Å². The summed E-state index contributed by atoms with van der Waals surface area (Å²) < 4.78 is 0. The predicted octanol–water partition coefficient (Wildman–Crippen LogP) is 4.72. The van der Waals surface area contributed by atoms with E-state index in [-0.39, 0.29) is 0 Å². The summed E-state index contributed by atoms with van der Waals surface area (Å²) in [6.07, 6.45) is 1.99. The lowest BCUT2D eigenvalue weighted by Crippen LogP contribution is -1.91. The zero-order valence-electron chi connectivity index (χ0n) is 10.6. The quantitative estimate of drug-likeness (QED) is 0.756. The Labute approximate surface area is 108 Å². The number of rotatable bonds is 4. The molecule has 0 amide bonds. The molecule has 0 fully saturated rings. The molecule has 0 spiro atoms. The van der Waals surface area contributed by atoms with Gasteiger partial charge in [0.25, 0.3) is 0 Å². The minimum absolute atomic E-state index is 1.04. The van der Waals surface area contributed by atoms with E-state index in [2.05, 4.69) is 31.0 Å². The van der Waals surface area contributed by atoms with Crippen molar-refractivity contribution in [2.45, 2.75) is 6.92 Å². The molecular weight excluding hydrogens is 218 g/mol. The van der Waals surface area contributed by atoms with Gasteiger partial charge in [-0.2, -0.15) is 0 Å². The highest BCUT2D eigenvalue weighted by Crippen LogP contribution is 2.20. The van der Waals surface area contributed by atoms with E-state index in [1.807, 2.05) is 54.7 Å². The van der Waals surface area contributed by atoms with Crippen molar-refractivity contribution in [2.75, 3.05) is 5.32 Å². The minimum atomic E-state index is 1.04. The smallest absolute Gasteiger partial charge is 0.0379 e. The Morgan fingerprint density at radius 1 is 0.944 bits per heavy atom. The number of benzene rings is 2. The first kappa shape index (κ1) is 12.2. The van der Waals surface area contributed by atoms with Crippen molar-refractivity contribution in [1.82, 2.24) is 0 Å². The summed E-state index contributed by atoms with van der Waals surface area (Å²) in [5.41, 5.74) is 4.41. The molecule has 0 aliphatic heterocycles. The Balaban J connectivity index is 2.08. The molecule has 0 atom stereocenters. The van der Waals surface area contributed by atoms with E-state index in [1.165, 1.54) is 0 Å². The first-order chi connectivity index (χ1) is 8.77. The van der Waals surface area contributed by atoms with E-state index in [1.54, 1.807) is 0 Å². The van der Waals surface area contributed by atoms with Crippen molar-refractivity contribution < 1.29 is 0 Å². The van der Waals surface area contributed by atoms with Gasteiger partial charge in [-0.15, -0.1) is 0 Å². The molecule has 1 N–H and O–H groups in total. The highest BCUT2D eigenvalue weighted by molar-refractivity contribution is 5.77. The fourth-order valence-electron chi connectivity index (χ4n) is 1.68. The average molecular weight is 235 g/mol. The van der Waals surface area contributed by atoms with Crippen molar-refractivity contribution in [3.8, 4) is 0 Å². The van der Waals surface area contributed by atoms with E-state index in [0.717, 1.165) is 22.4 Å². The first-order valence-electron chi connectivity index (χ1n) is 6.00. The molecule has 0 aromatic heterocycles. The second-order valence-corrected chi connectivity index (χ2v) is 4.18. The molecule has 0 aliphatic carbocycles. The van der Waals surface area contributed by atoms with Crippen LogP contribution in [0.4, 0.5) is 5.69 Å². The highest BCUT2D eigenvalue weighted by Gasteiger charge is 1.99. The lowest BCUT2D eigenvalue weighted by Gasteiger charge is -2.07. The molecule has 0 saturated heterocycles. The molecule has 0 aliphatic rings. The number of para-hydroxylation sites is 1. The van der Waals surface area contributed by atoms with Gasteiger partial charge in [-0.25, -0.2) is 0 Å². The van der Waals surface area contributed by atoms with Crippen LogP contribution in [0.25, 0.3) is 5.57 Å². The minimum Gasteiger partial charge on any atom is -0.361 e. The van der Waals surface area contributed by atoms with Gasteiger partial charge in [-0.1, -0.05) is 55.1 Å². The molecule has 1 heteroatoms. The van der Waals surface area contributed by atoms with Crippen LogP contribution in [0.5, 0.6) is 0 Å². The normalized spacial score (nSPS) is 11.1. The monoisotopic (exact) mass is 235 g/mol. The molecule has 0 bridgehead atoms. The molecule has 0 unspecified atom stereocenters. The number of anilines is 1. The SMILES string of the molecule is C=C(/C(C)=C\Nc1ccccc1)c1ccccc1. The fourth-order valence-corrected chi connectivity index (χ4v) is 1.68. The molecule has 2 rings (SSSR count). The summed E-state index contributed by atoms with van der Waals surface area (Å²) in [5, 5.41) is 3.27. The van der Waals surface area contributed by atoms with Crippen molar-refractivity contribution in [3.63, 3.8) is 0 Å². The van der Waals surface area contributed by atoms with E-state index >= 15 is 0 Å². The van der Waals surface area contributed by atoms with Gasteiger partial charge in [-0.3, -0.25) is 0 Å². The molecule has 18 heavy (non-hydrogen) atoms. The Morgan fingerprint density at radius 3 is 2.11 bits per heavy atom. The molecule has 2 aromatic rings. The molecule has 0 radical (unpaired) electrons. The summed E-state index contributed by atoms with van der Waals surface area (Å²) in [7, 11) is 0. The van der Waals surface area contributed by atoms with Crippen LogP contribution in [0.3, 0.4) is 0 Å². The first-order valence-corrected chi connectivity index (χ1v) is 6.00. The van der Waals surface area contributed by atoms with Crippen LogP contribution in [-0.4, -0.2) is 0 Å². The molecule has 0 saturated carbocycles. The Hall–Kier alpha value is -2.28. The maximum absolute atomic E-state index is 4.13. The van der Waals surface area contributed by atoms with Crippen molar-refractivity contribution in [1.29, 1.82) is 0 Å². The number of hydrogen-bond acceptors (Lipinski definition) is 1. The van der Waals surface area contributed by atoms with Gasteiger partial charge in [0.05, 0.1) is 0 Å². The van der Waals surface area contributed by atoms with Crippen molar-refractivity contribution >= 4 is 11.3 Å². The van der Waals surface area contributed by atoms with Crippen molar-refractivity contribution in [3.05, 3.63) is 84.6 Å². The third-order valence-electron chi connectivity index (χ3n) is 2.83. The maximum atomic E-state index is 4.13. The third kappa shape index (κ3) is 3.11. The fraction of sp³-hybridized carbons (Fsp3) is 0.0588. The van der Waals surface area contributed by atoms with Crippen LogP contribution in [0, 0.1) is 0 Å². The molecule has 1 nitrogen and oxygen atoms in total. The van der Waals surface area contributed by atoms with Crippen LogP contribution >= 0.6 is 0 Å². The average Bonchev–Trinajstić information content (AvgIpc) is 2.46. The van der Waals surface area contributed by atoms with Gasteiger partial charge in [-0.05, 0) is 35.8 Å². The maximum Gasteiger partial charge on any atom is 0.0379 e. The Kier molecular flexibility index (Phi) is 3.98. The standard InChI is InChI=1S/C17H17N/c1-14(13-18-17-11-7-4-8-12-17)15(2)16-9-5-3-6-10-16/h3-13,18H,2H2,1H3/b14-13-. The Morgan fingerprint density at radius 2 is 1.50 bits per heavy atom. The van der Waals surface area contributed by atoms with Gasteiger partial charge in [0.2, 0.25) is 0 Å². The zero-order valence-corrected chi connectivity index (χ0v) is 10.6. The topological polar surface area (TPSA) is 12.0 Å². The van der Waals surface area contributed by atoms with Gasteiger partial charge in [0.15, 0.2) is 0 Å². The predicted molar refractivity (Wildman–Crippen MR) is 79.3 cm³/mol. The molecular formula is C17H17N. The Bertz CT molecular complexity index is 538. The largest absolute Gasteiger partial charge is 0.361 e. The summed E-state index contributed by atoms with van der Waals surface area (Å²) in [6.45, 7) is 6.19. The lowest BCUT2D eigenvalue weighted by atomic mass is 10.0. The number of nitrogens with one attached hydrogen (secondary N) is 1. The molecule has 0 heterocycles.